The normalized spacial score (nSPS) is 11.2. The van der Waals surface area contributed by atoms with E-state index in [1.54, 1.807) is 10.8 Å². The van der Waals surface area contributed by atoms with Crippen LogP contribution in [0.5, 0.6) is 0 Å². The lowest BCUT2D eigenvalue weighted by molar-refractivity contribution is -0.118. The van der Waals surface area contributed by atoms with Gasteiger partial charge in [-0.05, 0) is 30.2 Å². The van der Waals surface area contributed by atoms with Crippen molar-refractivity contribution < 1.29 is 9.59 Å². The average molecular weight is 372 g/mol. The summed E-state index contributed by atoms with van der Waals surface area (Å²) in [7, 11) is 0. The van der Waals surface area contributed by atoms with Gasteiger partial charge in [0, 0.05) is 28.4 Å². The van der Waals surface area contributed by atoms with Gasteiger partial charge in [0.1, 0.15) is 18.2 Å². The average Bonchev–Trinajstić information content (AvgIpc) is 3.03. The second-order valence-corrected chi connectivity index (χ2v) is 6.33. The number of hydrogen-bond acceptors (Lipinski definition) is 3. The summed E-state index contributed by atoms with van der Waals surface area (Å²) in [5.41, 5.74) is 8.46. The maximum absolute atomic E-state index is 12.7. The highest BCUT2D eigenvalue weighted by Gasteiger charge is 2.14. The van der Waals surface area contributed by atoms with Gasteiger partial charge in [-0.15, -0.1) is 0 Å². The zero-order valence-electron chi connectivity index (χ0n) is 15.5. The van der Waals surface area contributed by atoms with Crippen LogP contribution in [0.15, 0.2) is 60.3 Å². The van der Waals surface area contributed by atoms with Gasteiger partial charge in [0.15, 0.2) is 0 Å². The van der Waals surface area contributed by atoms with Gasteiger partial charge in [-0.3, -0.25) is 9.59 Å². The number of nitrogens with one attached hydrogen (secondary N) is 1. The van der Waals surface area contributed by atoms with E-state index >= 15 is 0 Å². The number of nitrogens with two attached hydrogens (primary N) is 1. The maximum atomic E-state index is 12.7. The second kappa shape index (κ2) is 8.23. The molecule has 6 nitrogen and oxygen atoms in total. The van der Waals surface area contributed by atoms with Gasteiger partial charge >= 0.3 is 0 Å². The fourth-order valence-electron chi connectivity index (χ4n) is 3.13. The summed E-state index contributed by atoms with van der Waals surface area (Å²) in [6.45, 7) is 2.02. The molecule has 0 atom stereocenters. The minimum Gasteiger partial charge on any atom is -0.368 e. The number of aryl methyl sites for hydroxylation is 1. The van der Waals surface area contributed by atoms with Crippen molar-refractivity contribution in [3.63, 3.8) is 0 Å². The number of nitriles is 1. The van der Waals surface area contributed by atoms with E-state index in [0.717, 1.165) is 22.9 Å². The molecular formula is C22H20N4O2. The Labute approximate surface area is 162 Å². The third kappa shape index (κ3) is 3.94. The standard InChI is InChI=1S/C22H20N4O2/c1-2-15-7-3-5-9-19(15)25-22(28)16(12-23)11-17-13-26(14-21(24)27)20-10-6-4-8-18(17)20/h3-11,13H,2,14H2,1H3,(H2,24,27)(H,25,28)/b16-11-. The predicted octanol–water partition coefficient (Wildman–Crippen LogP) is 3.23. The number of rotatable bonds is 6. The highest BCUT2D eigenvalue weighted by molar-refractivity contribution is 6.11. The molecule has 2 amide bonds. The number of carbonyl (C=O) groups excluding carboxylic acids is 2. The van der Waals surface area contributed by atoms with Crippen LogP contribution in [-0.4, -0.2) is 16.4 Å². The highest BCUT2D eigenvalue weighted by Crippen LogP contribution is 2.24. The minimum absolute atomic E-state index is 0.0202. The molecule has 1 aromatic heterocycles. The zero-order chi connectivity index (χ0) is 20.1. The van der Waals surface area contributed by atoms with Crippen LogP contribution in [0.1, 0.15) is 18.1 Å². The molecule has 28 heavy (non-hydrogen) atoms. The van der Waals surface area contributed by atoms with Gasteiger partial charge in [-0.25, -0.2) is 0 Å². The molecule has 0 unspecified atom stereocenters. The Hall–Kier alpha value is -3.85. The maximum Gasteiger partial charge on any atom is 0.266 e. The molecule has 0 saturated heterocycles. The van der Waals surface area contributed by atoms with Crippen molar-refractivity contribution in [1.82, 2.24) is 4.57 Å². The van der Waals surface area contributed by atoms with Crippen LogP contribution in [0.2, 0.25) is 0 Å². The fourth-order valence-corrected chi connectivity index (χ4v) is 3.13. The van der Waals surface area contributed by atoms with Crippen molar-refractivity contribution in [1.29, 1.82) is 5.26 Å². The predicted molar refractivity (Wildman–Crippen MR) is 109 cm³/mol. The number of benzene rings is 2. The Bertz CT molecular complexity index is 1120. The first-order valence-corrected chi connectivity index (χ1v) is 8.90. The van der Waals surface area contributed by atoms with Crippen molar-refractivity contribution in [2.45, 2.75) is 19.9 Å². The molecular weight excluding hydrogens is 352 g/mol. The number of nitrogens with zero attached hydrogens (tertiary/aromatic N) is 2. The third-order valence-electron chi connectivity index (χ3n) is 4.46. The van der Waals surface area contributed by atoms with E-state index in [9.17, 15) is 14.9 Å². The summed E-state index contributed by atoms with van der Waals surface area (Å²) < 4.78 is 1.71. The van der Waals surface area contributed by atoms with Gasteiger partial charge in [-0.1, -0.05) is 43.3 Å². The summed E-state index contributed by atoms with van der Waals surface area (Å²) in [6, 6.07) is 16.9. The first-order chi connectivity index (χ1) is 13.5. The Kier molecular flexibility index (Phi) is 5.56. The van der Waals surface area contributed by atoms with Crippen LogP contribution in [0, 0.1) is 11.3 Å². The molecule has 0 radical (unpaired) electrons. The van der Waals surface area contributed by atoms with Crippen molar-refractivity contribution in [3.05, 3.63) is 71.4 Å². The van der Waals surface area contributed by atoms with E-state index in [-0.39, 0.29) is 12.1 Å². The van der Waals surface area contributed by atoms with Crippen molar-refractivity contribution in [3.8, 4) is 6.07 Å². The molecule has 6 heteroatoms. The molecule has 1 heterocycles. The Morgan fingerprint density at radius 2 is 1.89 bits per heavy atom. The number of primary amides is 1. The van der Waals surface area contributed by atoms with Crippen molar-refractivity contribution >= 4 is 34.5 Å². The molecule has 0 bridgehead atoms. The lowest BCUT2D eigenvalue weighted by atomic mass is 10.1. The summed E-state index contributed by atoms with van der Waals surface area (Å²) in [5.74, 6) is -0.944. The Morgan fingerprint density at radius 1 is 1.18 bits per heavy atom. The zero-order valence-corrected chi connectivity index (χ0v) is 15.5. The van der Waals surface area contributed by atoms with Crippen LogP contribution in [0.25, 0.3) is 17.0 Å². The first kappa shape index (κ1) is 18.9. The monoisotopic (exact) mass is 372 g/mol. The van der Waals surface area contributed by atoms with E-state index < -0.39 is 11.8 Å². The highest BCUT2D eigenvalue weighted by atomic mass is 16.2. The molecule has 0 aliphatic heterocycles. The quantitative estimate of drug-likeness (QED) is 0.513. The van der Waals surface area contributed by atoms with Crippen LogP contribution >= 0.6 is 0 Å². The van der Waals surface area contributed by atoms with E-state index in [0.29, 0.717) is 11.3 Å². The minimum atomic E-state index is -0.477. The Balaban J connectivity index is 1.98. The summed E-state index contributed by atoms with van der Waals surface area (Å²) in [4.78, 5) is 24.0. The van der Waals surface area contributed by atoms with Crippen LogP contribution in [-0.2, 0) is 22.6 Å². The third-order valence-corrected chi connectivity index (χ3v) is 4.46. The molecule has 0 saturated carbocycles. The van der Waals surface area contributed by atoms with Crippen molar-refractivity contribution in [2.75, 3.05) is 5.32 Å². The number of fused-ring (bicyclic) bond motifs is 1. The number of amides is 2. The van der Waals surface area contributed by atoms with Crippen LogP contribution in [0.3, 0.4) is 0 Å². The number of aromatic nitrogens is 1. The summed E-state index contributed by atoms with van der Waals surface area (Å²) in [6.07, 6.45) is 4.02. The summed E-state index contributed by atoms with van der Waals surface area (Å²) >= 11 is 0. The van der Waals surface area contributed by atoms with Crippen molar-refractivity contribution in [2.24, 2.45) is 5.73 Å². The fraction of sp³-hybridized carbons (Fsp3) is 0.136. The number of anilines is 1. The molecule has 3 aromatic rings. The van der Waals surface area contributed by atoms with Gasteiger partial charge < -0.3 is 15.6 Å². The SMILES string of the molecule is CCc1ccccc1NC(=O)/C(C#N)=C\c1cn(CC(N)=O)c2ccccc12. The molecule has 0 aliphatic carbocycles. The van der Waals surface area contributed by atoms with E-state index in [1.807, 2.05) is 61.5 Å². The smallest absolute Gasteiger partial charge is 0.266 e. The topological polar surface area (TPSA) is 101 Å². The van der Waals surface area contributed by atoms with E-state index in [2.05, 4.69) is 5.32 Å². The first-order valence-electron chi connectivity index (χ1n) is 8.90. The second-order valence-electron chi connectivity index (χ2n) is 6.33. The van der Waals surface area contributed by atoms with Gasteiger partial charge in [0.05, 0.1) is 0 Å². The lowest BCUT2D eigenvalue weighted by Crippen LogP contribution is -2.17. The molecule has 0 spiro atoms. The molecule has 2 aromatic carbocycles. The number of hydrogen-bond donors (Lipinski definition) is 2. The van der Waals surface area contributed by atoms with Gasteiger partial charge in [0.2, 0.25) is 5.91 Å². The van der Waals surface area contributed by atoms with Gasteiger partial charge in [0.25, 0.3) is 5.91 Å². The molecule has 0 aliphatic rings. The van der Waals surface area contributed by atoms with E-state index in [4.69, 9.17) is 5.73 Å². The summed E-state index contributed by atoms with van der Waals surface area (Å²) in [5, 5.41) is 13.2. The molecule has 0 fully saturated rings. The largest absolute Gasteiger partial charge is 0.368 e. The Morgan fingerprint density at radius 3 is 2.61 bits per heavy atom. The molecule has 3 N–H and O–H groups in total. The number of para-hydroxylation sites is 2. The number of carbonyl (C=O) groups is 2. The molecule has 140 valence electrons. The van der Waals surface area contributed by atoms with E-state index in [1.165, 1.54) is 6.08 Å². The molecule has 3 rings (SSSR count). The van der Waals surface area contributed by atoms with Crippen LogP contribution < -0.4 is 11.1 Å². The van der Waals surface area contributed by atoms with Gasteiger partial charge in [-0.2, -0.15) is 5.26 Å². The van der Waals surface area contributed by atoms with Crippen LogP contribution in [0.4, 0.5) is 5.69 Å². The lowest BCUT2D eigenvalue weighted by Gasteiger charge is -2.08.